The first-order chi connectivity index (χ1) is 9.36. The van der Waals surface area contributed by atoms with Crippen LogP contribution in [0.2, 0.25) is 0 Å². The Labute approximate surface area is 133 Å². The van der Waals surface area contributed by atoms with Crippen molar-refractivity contribution >= 4 is 33.1 Å². The Morgan fingerprint density at radius 3 is 2.65 bits per heavy atom. The average Bonchev–Trinajstić information content (AvgIpc) is 2.87. The highest BCUT2D eigenvalue weighted by Gasteiger charge is 2.19. The van der Waals surface area contributed by atoms with Gasteiger partial charge in [-0.25, -0.2) is 9.97 Å². The third-order valence-electron chi connectivity index (χ3n) is 3.02. The standard InChI is InChI=1S/C15H20BrN3S/c1-15(2,3)14-17-12(16)10-13(18-14)19(4)8-7-11-6-5-9-20-11/h5-6,9-10H,7-8H2,1-4H3. The SMILES string of the molecule is CN(CCc1cccs1)c1cc(Br)nc(C(C)(C)C)n1. The van der Waals surface area contributed by atoms with Gasteiger partial charge in [-0.05, 0) is 33.8 Å². The van der Waals surface area contributed by atoms with Crippen LogP contribution in [0.1, 0.15) is 31.5 Å². The largest absolute Gasteiger partial charge is 0.359 e. The number of nitrogens with zero attached hydrogens (tertiary/aromatic N) is 3. The molecule has 2 rings (SSSR count). The predicted molar refractivity (Wildman–Crippen MR) is 89.7 cm³/mol. The summed E-state index contributed by atoms with van der Waals surface area (Å²) >= 11 is 5.29. The maximum atomic E-state index is 4.69. The van der Waals surface area contributed by atoms with Crippen LogP contribution in [0.15, 0.2) is 28.2 Å². The smallest absolute Gasteiger partial charge is 0.137 e. The Morgan fingerprint density at radius 1 is 1.30 bits per heavy atom. The second-order valence-electron chi connectivity index (χ2n) is 5.87. The molecule has 0 amide bonds. The molecule has 0 saturated carbocycles. The van der Waals surface area contributed by atoms with E-state index < -0.39 is 0 Å². The van der Waals surface area contributed by atoms with Crippen molar-refractivity contribution in [2.75, 3.05) is 18.5 Å². The fourth-order valence-electron chi connectivity index (χ4n) is 1.78. The van der Waals surface area contributed by atoms with Crippen LogP contribution in [0.3, 0.4) is 0 Å². The molecule has 0 unspecified atom stereocenters. The third kappa shape index (κ3) is 4.03. The lowest BCUT2D eigenvalue weighted by Crippen LogP contribution is -2.24. The van der Waals surface area contributed by atoms with Crippen LogP contribution in [0.4, 0.5) is 5.82 Å². The summed E-state index contributed by atoms with van der Waals surface area (Å²) in [5, 5.41) is 2.12. The van der Waals surface area contributed by atoms with Gasteiger partial charge in [0.15, 0.2) is 0 Å². The summed E-state index contributed by atoms with van der Waals surface area (Å²) in [6.45, 7) is 7.34. The molecule has 0 bridgehead atoms. The highest BCUT2D eigenvalue weighted by molar-refractivity contribution is 9.10. The molecule has 0 aliphatic rings. The van der Waals surface area contributed by atoms with Crippen LogP contribution < -0.4 is 4.90 Å². The number of hydrogen-bond acceptors (Lipinski definition) is 4. The van der Waals surface area contributed by atoms with Gasteiger partial charge >= 0.3 is 0 Å². The fraction of sp³-hybridized carbons (Fsp3) is 0.467. The maximum Gasteiger partial charge on any atom is 0.137 e. The zero-order valence-corrected chi connectivity index (χ0v) is 14.8. The van der Waals surface area contributed by atoms with Gasteiger partial charge in [-0.1, -0.05) is 26.8 Å². The summed E-state index contributed by atoms with van der Waals surface area (Å²) in [6.07, 6.45) is 1.04. The molecular weight excluding hydrogens is 334 g/mol. The lowest BCUT2D eigenvalue weighted by Gasteiger charge is -2.22. The molecule has 3 nitrogen and oxygen atoms in total. The summed E-state index contributed by atoms with van der Waals surface area (Å²) < 4.78 is 0.843. The number of aromatic nitrogens is 2. The molecular formula is C15H20BrN3S. The average molecular weight is 354 g/mol. The Kier molecular flexibility index (Phi) is 4.81. The molecule has 2 aromatic heterocycles. The van der Waals surface area contributed by atoms with E-state index in [0.29, 0.717) is 0 Å². The number of likely N-dealkylation sites (N-methyl/N-ethyl adjacent to an activating group) is 1. The first-order valence-corrected chi connectivity index (χ1v) is 8.32. The van der Waals surface area contributed by atoms with Crippen molar-refractivity contribution in [2.45, 2.75) is 32.6 Å². The summed E-state index contributed by atoms with van der Waals surface area (Å²) in [4.78, 5) is 12.8. The number of anilines is 1. The highest BCUT2D eigenvalue weighted by Crippen LogP contribution is 2.24. The summed E-state index contributed by atoms with van der Waals surface area (Å²) in [7, 11) is 2.08. The van der Waals surface area contributed by atoms with Gasteiger partial charge in [0.05, 0.1) is 0 Å². The van der Waals surface area contributed by atoms with E-state index in [9.17, 15) is 0 Å². The Bertz CT molecular complexity index is 561. The molecule has 20 heavy (non-hydrogen) atoms. The fourth-order valence-corrected chi connectivity index (χ4v) is 2.85. The van der Waals surface area contributed by atoms with Crippen molar-refractivity contribution < 1.29 is 0 Å². The van der Waals surface area contributed by atoms with Crippen LogP contribution in [0.5, 0.6) is 0 Å². The van der Waals surface area contributed by atoms with E-state index in [2.05, 4.69) is 71.1 Å². The van der Waals surface area contributed by atoms with Gasteiger partial charge < -0.3 is 4.90 Å². The molecule has 2 aromatic rings. The Balaban J connectivity index is 2.13. The van der Waals surface area contributed by atoms with Crippen molar-refractivity contribution in [1.82, 2.24) is 9.97 Å². The van der Waals surface area contributed by atoms with Crippen LogP contribution in [0, 0.1) is 0 Å². The summed E-state index contributed by atoms with van der Waals surface area (Å²) in [6, 6.07) is 6.25. The van der Waals surface area contributed by atoms with Crippen molar-refractivity contribution in [1.29, 1.82) is 0 Å². The minimum Gasteiger partial charge on any atom is -0.359 e. The van der Waals surface area contributed by atoms with Crippen LogP contribution in [-0.2, 0) is 11.8 Å². The van der Waals surface area contributed by atoms with E-state index in [0.717, 1.165) is 29.2 Å². The highest BCUT2D eigenvalue weighted by atomic mass is 79.9. The summed E-state index contributed by atoms with van der Waals surface area (Å²) in [5.41, 5.74) is -0.0485. The zero-order chi connectivity index (χ0) is 14.8. The van der Waals surface area contributed by atoms with Crippen molar-refractivity contribution in [2.24, 2.45) is 0 Å². The van der Waals surface area contributed by atoms with E-state index >= 15 is 0 Å². The lowest BCUT2D eigenvalue weighted by atomic mass is 9.96. The van der Waals surface area contributed by atoms with Gasteiger partial charge in [-0.3, -0.25) is 0 Å². The maximum absolute atomic E-state index is 4.69. The zero-order valence-electron chi connectivity index (χ0n) is 12.4. The van der Waals surface area contributed by atoms with Crippen molar-refractivity contribution in [3.8, 4) is 0 Å². The van der Waals surface area contributed by atoms with Crippen LogP contribution in [-0.4, -0.2) is 23.6 Å². The molecule has 0 atom stereocenters. The monoisotopic (exact) mass is 353 g/mol. The van der Waals surface area contributed by atoms with Gasteiger partial charge in [0, 0.05) is 30.0 Å². The first kappa shape index (κ1) is 15.4. The van der Waals surface area contributed by atoms with Gasteiger partial charge in [0.2, 0.25) is 0 Å². The molecule has 108 valence electrons. The normalized spacial score (nSPS) is 11.7. The quantitative estimate of drug-likeness (QED) is 0.768. The van der Waals surface area contributed by atoms with Crippen molar-refractivity contribution in [3.63, 3.8) is 0 Å². The molecule has 0 N–H and O–H groups in total. The molecule has 0 aliphatic heterocycles. The second kappa shape index (κ2) is 6.22. The van der Waals surface area contributed by atoms with Gasteiger partial charge in [-0.15, -0.1) is 11.3 Å². The Hall–Kier alpha value is -0.940. The molecule has 0 fully saturated rings. The lowest BCUT2D eigenvalue weighted by molar-refractivity contribution is 0.543. The first-order valence-electron chi connectivity index (χ1n) is 6.65. The second-order valence-corrected chi connectivity index (χ2v) is 7.72. The van der Waals surface area contributed by atoms with Gasteiger partial charge in [0.25, 0.3) is 0 Å². The van der Waals surface area contributed by atoms with Crippen LogP contribution >= 0.6 is 27.3 Å². The molecule has 0 aromatic carbocycles. The van der Waals surface area contributed by atoms with Crippen LogP contribution in [0.25, 0.3) is 0 Å². The minimum absolute atomic E-state index is 0.0485. The topological polar surface area (TPSA) is 29.0 Å². The van der Waals surface area contributed by atoms with E-state index in [-0.39, 0.29) is 5.41 Å². The van der Waals surface area contributed by atoms with E-state index in [1.54, 1.807) is 11.3 Å². The number of halogens is 1. The predicted octanol–water partition coefficient (Wildman–Crippen LogP) is 4.28. The number of thiophene rings is 1. The molecule has 0 aliphatic carbocycles. The molecule has 0 spiro atoms. The number of hydrogen-bond donors (Lipinski definition) is 0. The van der Waals surface area contributed by atoms with E-state index in [1.807, 2.05) is 6.07 Å². The Morgan fingerprint density at radius 2 is 2.05 bits per heavy atom. The minimum atomic E-state index is -0.0485. The van der Waals surface area contributed by atoms with E-state index in [1.165, 1.54) is 4.88 Å². The number of rotatable bonds is 4. The molecule has 5 heteroatoms. The molecule has 2 heterocycles. The van der Waals surface area contributed by atoms with Crippen molar-refractivity contribution in [3.05, 3.63) is 38.9 Å². The van der Waals surface area contributed by atoms with Gasteiger partial charge in [-0.2, -0.15) is 0 Å². The molecule has 0 radical (unpaired) electrons. The van der Waals surface area contributed by atoms with E-state index in [4.69, 9.17) is 4.98 Å². The molecule has 0 saturated heterocycles. The third-order valence-corrected chi connectivity index (χ3v) is 4.36. The van der Waals surface area contributed by atoms with Gasteiger partial charge in [0.1, 0.15) is 16.2 Å². The summed E-state index contributed by atoms with van der Waals surface area (Å²) in [5.74, 6) is 1.83.